The number of nitrogens with zero attached hydrogens (tertiary/aromatic N) is 1. The van der Waals surface area contributed by atoms with E-state index in [1.54, 1.807) is 36.4 Å². The summed E-state index contributed by atoms with van der Waals surface area (Å²) in [6.45, 7) is 6.23. The van der Waals surface area contributed by atoms with E-state index in [1.165, 1.54) is 18.1 Å². The number of Topliss-reactive ketones (excluding diaryl/α,β-unsaturated/α-hetero) is 1. The first-order valence-electron chi connectivity index (χ1n) is 12.9. The molecule has 4 aromatic rings. The molecule has 1 aliphatic rings. The molecule has 0 saturated carbocycles. The molecule has 1 atom stereocenters. The number of carboxylic acid groups (broad SMARTS) is 1. The van der Waals surface area contributed by atoms with Crippen LogP contribution in [-0.4, -0.2) is 35.0 Å². The smallest absolute Gasteiger partial charge is 0.307 e. The fourth-order valence-electron chi connectivity index (χ4n) is 5.02. The highest BCUT2D eigenvalue weighted by Gasteiger charge is 2.45. The highest BCUT2D eigenvalue weighted by molar-refractivity contribution is 6.31. The largest absolute Gasteiger partial charge is 0.503 e. The van der Waals surface area contributed by atoms with Gasteiger partial charge in [0.25, 0.3) is 5.91 Å². The van der Waals surface area contributed by atoms with Gasteiger partial charge in [-0.15, -0.1) is 0 Å². The predicted molar refractivity (Wildman–Crippen MR) is 155 cm³/mol. The third kappa shape index (κ3) is 5.18. The molecule has 41 heavy (non-hydrogen) atoms. The minimum atomic E-state index is -0.984. The number of methoxy groups -OCH3 is 1. The number of fused-ring (bicyclic) bond motifs is 1. The Kier molecular flexibility index (Phi) is 7.13. The third-order valence-electron chi connectivity index (χ3n) is 7.11. The van der Waals surface area contributed by atoms with E-state index >= 15 is 0 Å². The van der Waals surface area contributed by atoms with Gasteiger partial charge in [0.1, 0.15) is 0 Å². The summed E-state index contributed by atoms with van der Waals surface area (Å²) in [6, 6.07) is 17.6. The summed E-state index contributed by atoms with van der Waals surface area (Å²) in [4.78, 5) is 40.0. The van der Waals surface area contributed by atoms with Crippen molar-refractivity contribution in [1.29, 1.82) is 0 Å². The van der Waals surface area contributed by atoms with Gasteiger partial charge in [-0.25, -0.2) is 0 Å². The molecule has 210 valence electrons. The monoisotopic (exact) mass is 573 g/mol. The molecular formula is C32H28ClNO7. The van der Waals surface area contributed by atoms with Crippen LogP contribution in [0.5, 0.6) is 5.75 Å². The van der Waals surface area contributed by atoms with Gasteiger partial charge in [0.05, 0.1) is 25.1 Å². The maximum Gasteiger partial charge on any atom is 0.307 e. The number of amides is 1. The van der Waals surface area contributed by atoms with Crippen LogP contribution in [0.1, 0.15) is 54.1 Å². The van der Waals surface area contributed by atoms with Crippen LogP contribution < -0.4 is 9.64 Å². The Balaban J connectivity index is 1.63. The van der Waals surface area contributed by atoms with Gasteiger partial charge in [0.15, 0.2) is 22.9 Å². The first-order valence-corrected chi connectivity index (χ1v) is 13.3. The highest BCUT2D eigenvalue weighted by Crippen LogP contribution is 2.43. The minimum Gasteiger partial charge on any atom is -0.503 e. The number of halogens is 1. The van der Waals surface area contributed by atoms with Crippen LogP contribution in [0.4, 0.5) is 5.69 Å². The molecule has 0 bridgehead atoms. The second kappa shape index (κ2) is 10.4. The molecule has 3 aromatic carbocycles. The molecule has 0 spiro atoms. The summed E-state index contributed by atoms with van der Waals surface area (Å²) < 4.78 is 11.2. The van der Waals surface area contributed by atoms with Gasteiger partial charge < -0.3 is 19.4 Å². The van der Waals surface area contributed by atoms with E-state index in [2.05, 4.69) is 20.8 Å². The lowest BCUT2D eigenvalue weighted by atomic mass is 9.85. The van der Waals surface area contributed by atoms with Crippen LogP contribution in [-0.2, 0) is 21.4 Å². The van der Waals surface area contributed by atoms with Gasteiger partial charge >= 0.3 is 5.97 Å². The van der Waals surface area contributed by atoms with Gasteiger partial charge in [0.2, 0.25) is 5.78 Å². The molecule has 0 aliphatic carbocycles. The number of ketones is 1. The van der Waals surface area contributed by atoms with E-state index < -0.39 is 29.5 Å². The fraction of sp³-hybridized carbons (Fsp3) is 0.219. The zero-order chi connectivity index (χ0) is 29.6. The van der Waals surface area contributed by atoms with E-state index in [1.807, 2.05) is 24.3 Å². The molecule has 8 nitrogen and oxygen atoms in total. The van der Waals surface area contributed by atoms with Crippen molar-refractivity contribution in [3.8, 4) is 5.75 Å². The molecule has 0 saturated heterocycles. The number of ether oxygens (including phenoxy) is 1. The Morgan fingerprint density at radius 2 is 1.68 bits per heavy atom. The quantitative estimate of drug-likeness (QED) is 0.233. The van der Waals surface area contributed by atoms with Crippen molar-refractivity contribution in [3.05, 3.63) is 106 Å². The number of hydrogen-bond acceptors (Lipinski definition) is 6. The summed E-state index contributed by atoms with van der Waals surface area (Å²) in [5.41, 5.74) is 2.62. The highest BCUT2D eigenvalue weighted by atomic mass is 35.5. The second-order valence-corrected chi connectivity index (χ2v) is 11.4. The number of carboxylic acids is 1. The molecular weight excluding hydrogens is 546 g/mol. The van der Waals surface area contributed by atoms with Crippen molar-refractivity contribution >= 4 is 45.9 Å². The van der Waals surface area contributed by atoms with Crippen molar-refractivity contribution in [2.45, 2.75) is 38.6 Å². The zero-order valence-corrected chi connectivity index (χ0v) is 23.7. The molecule has 5 rings (SSSR count). The molecule has 1 aromatic heterocycles. The number of anilines is 1. The molecule has 0 radical (unpaired) electrons. The first kappa shape index (κ1) is 28.0. The lowest BCUT2D eigenvalue weighted by molar-refractivity contribution is -0.136. The number of carbonyl (C=O) groups is 3. The zero-order valence-electron chi connectivity index (χ0n) is 22.9. The topological polar surface area (TPSA) is 117 Å². The number of aliphatic carboxylic acids is 1. The van der Waals surface area contributed by atoms with Crippen LogP contribution in [0.3, 0.4) is 0 Å². The Labute approximate surface area is 241 Å². The van der Waals surface area contributed by atoms with E-state index in [0.29, 0.717) is 38.6 Å². The average molecular weight is 574 g/mol. The summed E-state index contributed by atoms with van der Waals surface area (Å²) >= 11 is 6.19. The number of aliphatic hydroxyl groups is 1. The number of aliphatic hydroxyl groups excluding tert-OH is 1. The van der Waals surface area contributed by atoms with Crippen LogP contribution in [0.25, 0.3) is 11.0 Å². The van der Waals surface area contributed by atoms with Crippen LogP contribution in [0, 0.1) is 0 Å². The maximum atomic E-state index is 14.0. The second-order valence-electron chi connectivity index (χ2n) is 10.9. The van der Waals surface area contributed by atoms with Crippen LogP contribution >= 0.6 is 11.6 Å². The Morgan fingerprint density at radius 3 is 2.27 bits per heavy atom. The third-order valence-corrected chi connectivity index (χ3v) is 7.32. The Bertz CT molecular complexity index is 1710. The molecule has 2 N–H and O–H groups in total. The van der Waals surface area contributed by atoms with Gasteiger partial charge in [-0.3, -0.25) is 19.3 Å². The summed E-state index contributed by atoms with van der Waals surface area (Å²) in [6.07, 6.45) is -0.182. The Hall–Kier alpha value is -4.56. The number of carbonyl (C=O) groups excluding carboxylic acids is 2. The van der Waals surface area contributed by atoms with E-state index in [9.17, 15) is 19.5 Å². The normalized spacial score (nSPS) is 15.6. The number of benzene rings is 3. The number of furan rings is 1. The average Bonchev–Trinajstić information content (AvgIpc) is 3.46. The van der Waals surface area contributed by atoms with Crippen LogP contribution in [0.15, 0.2) is 82.5 Å². The van der Waals surface area contributed by atoms with Crippen molar-refractivity contribution in [2.24, 2.45) is 0 Å². The predicted octanol–water partition coefficient (Wildman–Crippen LogP) is 6.80. The van der Waals surface area contributed by atoms with Gasteiger partial charge in [-0.05, 0) is 46.4 Å². The lowest BCUT2D eigenvalue weighted by Crippen LogP contribution is -2.31. The van der Waals surface area contributed by atoms with E-state index in [0.717, 1.165) is 5.56 Å². The lowest BCUT2D eigenvalue weighted by Gasteiger charge is -2.28. The first-order chi connectivity index (χ1) is 19.4. The molecule has 1 amide bonds. The summed E-state index contributed by atoms with van der Waals surface area (Å²) in [5, 5.41) is 21.2. The van der Waals surface area contributed by atoms with Crippen LogP contribution in [0.2, 0.25) is 5.02 Å². The van der Waals surface area contributed by atoms with Crippen molar-refractivity contribution < 1.29 is 33.8 Å². The maximum absolute atomic E-state index is 14.0. The van der Waals surface area contributed by atoms with Crippen molar-refractivity contribution in [2.75, 3.05) is 12.0 Å². The van der Waals surface area contributed by atoms with Gasteiger partial charge in [-0.2, -0.15) is 0 Å². The van der Waals surface area contributed by atoms with Gasteiger partial charge in [-0.1, -0.05) is 68.8 Å². The Morgan fingerprint density at radius 1 is 1.02 bits per heavy atom. The summed E-state index contributed by atoms with van der Waals surface area (Å²) in [5.74, 6) is -2.86. The minimum absolute atomic E-state index is 0.0927. The molecule has 0 fully saturated rings. The fourth-order valence-corrected chi connectivity index (χ4v) is 5.23. The molecule has 1 aliphatic heterocycles. The molecule has 1 unspecified atom stereocenters. The van der Waals surface area contributed by atoms with E-state index in [4.69, 9.17) is 25.9 Å². The molecule has 9 heteroatoms. The van der Waals surface area contributed by atoms with Crippen molar-refractivity contribution in [3.63, 3.8) is 0 Å². The SMILES string of the molecule is COc1cc(Cl)cc2cc(C(=O)C3=C(O)C(=O)N(c4ccc(CC(=O)O)cc4)C3c3ccc(C(C)(C)C)cc3)oc12. The number of hydrogen-bond donors (Lipinski definition) is 2. The van der Waals surface area contributed by atoms with E-state index in [-0.39, 0.29) is 23.2 Å². The number of rotatable bonds is 7. The molecule has 2 heterocycles. The summed E-state index contributed by atoms with van der Waals surface area (Å²) in [7, 11) is 1.45. The van der Waals surface area contributed by atoms with Gasteiger partial charge in [0, 0.05) is 22.2 Å². The standard InChI is InChI=1S/C32H28ClNO7/c1-32(2,3)20-9-7-18(8-10-20)27-26(28(37)23-15-19-14-21(33)16-24(40-4)30(19)41-23)29(38)31(39)34(27)22-11-5-17(6-12-22)13-25(35)36/h5-12,14-16,27,38H,13H2,1-4H3,(H,35,36). The van der Waals surface area contributed by atoms with Crippen molar-refractivity contribution in [1.82, 2.24) is 0 Å².